The van der Waals surface area contributed by atoms with E-state index in [1.807, 2.05) is 31.2 Å². The number of sulfone groups is 1. The molecule has 0 spiro atoms. The van der Waals surface area contributed by atoms with Crippen LogP contribution in [0.15, 0.2) is 24.3 Å². The molecule has 0 saturated carbocycles. The number of hydrogen-bond donors (Lipinski definition) is 1. The van der Waals surface area contributed by atoms with Crippen LogP contribution in [0, 0.1) is 0 Å². The first-order chi connectivity index (χ1) is 9.28. The van der Waals surface area contributed by atoms with Crippen molar-refractivity contribution in [2.45, 2.75) is 39.0 Å². The molecule has 0 saturated heterocycles. The lowest BCUT2D eigenvalue weighted by Crippen LogP contribution is -2.32. The molecule has 20 heavy (non-hydrogen) atoms. The van der Waals surface area contributed by atoms with Crippen molar-refractivity contribution in [1.29, 1.82) is 0 Å². The van der Waals surface area contributed by atoms with Gasteiger partial charge < -0.3 is 10.1 Å². The summed E-state index contributed by atoms with van der Waals surface area (Å²) in [7, 11) is -3.14. The van der Waals surface area contributed by atoms with Crippen molar-refractivity contribution in [2.24, 2.45) is 0 Å². The Bertz CT molecular complexity index is 518. The van der Waals surface area contributed by atoms with E-state index in [-0.39, 0.29) is 12.4 Å². The minimum absolute atomic E-state index is 0.0338. The van der Waals surface area contributed by atoms with Gasteiger partial charge in [-0.05, 0) is 33.4 Å². The smallest absolute Gasteiger partial charge is 0.158 e. The first-order valence-electron chi connectivity index (χ1n) is 6.91. The third kappa shape index (κ3) is 4.80. The Kier molecular flexibility index (Phi) is 6.02. The molecule has 1 aromatic rings. The molecule has 1 N–H and O–H groups in total. The third-order valence-electron chi connectivity index (χ3n) is 3.08. The van der Waals surface area contributed by atoms with Gasteiger partial charge in [0.05, 0.1) is 10.5 Å². The highest BCUT2D eigenvalue weighted by atomic mass is 32.2. The number of rotatable bonds is 7. The van der Waals surface area contributed by atoms with Crippen LogP contribution in [0.3, 0.4) is 0 Å². The quantitative estimate of drug-likeness (QED) is 0.840. The fourth-order valence-corrected chi connectivity index (χ4v) is 2.53. The molecular weight excluding hydrogens is 274 g/mol. The van der Waals surface area contributed by atoms with Crippen molar-refractivity contribution in [3.8, 4) is 5.75 Å². The molecule has 1 rings (SSSR count). The summed E-state index contributed by atoms with van der Waals surface area (Å²) >= 11 is 0. The lowest BCUT2D eigenvalue weighted by molar-refractivity contribution is 0.335. The van der Waals surface area contributed by atoms with Gasteiger partial charge >= 0.3 is 0 Å². The summed E-state index contributed by atoms with van der Waals surface area (Å²) in [5.74, 6) is 0.782. The Balaban J connectivity index is 2.63. The predicted octanol–water partition coefficient (Wildman–Crippen LogP) is 2.39. The zero-order chi connectivity index (χ0) is 15.2. The molecule has 0 heterocycles. The van der Waals surface area contributed by atoms with Gasteiger partial charge in [-0.1, -0.05) is 25.1 Å². The topological polar surface area (TPSA) is 55.4 Å². The molecule has 114 valence electrons. The Morgan fingerprint density at radius 3 is 2.45 bits per heavy atom. The number of hydrogen-bond acceptors (Lipinski definition) is 4. The molecule has 0 bridgehead atoms. The van der Waals surface area contributed by atoms with Gasteiger partial charge in [-0.3, -0.25) is 0 Å². The molecule has 1 aromatic carbocycles. The van der Waals surface area contributed by atoms with Crippen LogP contribution < -0.4 is 10.1 Å². The van der Waals surface area contributed by atoms with Gasteiger partial charge in [-0.2, -0.15) is 0 Å². The summed E-state index contributed by atoms with van der Waals surface area (Å²) in [6.07, 6.45) is 0. The maximum atomic E-state index is 12.0. The second-order valence-electron chi connectivity index (χ2n) is 5.67. The average Bonchev–Trinajstić information content (AvgIpc) is 2.36. The van der Waals surface area contributed by atoms with Crippen molar-refractivity contribution in [1.82, 2.24) is 5.32 Å². The predicted molar refractivity (Wildman–Crippen MR) is 82.9 cm³/mol. The van der Waals surface area contributed by atoms with Crippen LogP contribution in [-0.4, -0.2) is 32.1 Å². The Morgan fingerprint density at radius 1 is 1.20 bits per heavy atom. The second kappa shape index (κ2) is 7.09. The minimum atomic E-state index is -3.14. The molecule has 0 radical (unpaired) electrons. The SMILES string of the molecule is CCNCc1ccccc1OCCS(=O)(=O)C(C)(C)C. The summed E-state index contributed by atoms with van der Waals surface area (Å²) in [4.78, 5) is 0. The number of para-hydroxylation sites is 1. The lowest BCUT2D eigenvalue weighted by Gasteiger charge is -2.19. The molecular formula is C15H25NO3S. The summed E-state index contributed by atoms with van der Waals surface area (Å²) in [5, 5.41) is 3.24. The molecule has 4 nitrogen and oxygen atoms in total. The molecule has 0 fully saturated rings. The van der Waals surface area contributed by atoms with E-state index in [1.54, 1.807) is 20.8 Å². The van der Waals surface area contributed by atoms with Gasteiger partial charge in [0, 0.05) is 12.1 Å². The average molecular weight is 299 g/mol. The van der Waals surface area contributed by atoms with Crippen molar-refractivity contribution in [3.63, 3.8) is 0 Å². The van der Waals surface area contributed by atoms with Crippen LogP contribution in [0.4, 0.5) is 0 Å². The fraction of sp³-hybridized carbons (Fsp3) is 0.600. The van der Waals surface area contributed by atoms with E-state index in [0.717, 1.165) is 24.4 Å². The maximum absolute atomic E-state index is 12.0. The Morgan fingerprint density at radius 2 is 1.85 bits per heavy atom. The lowest BCUT2D eigenvalue weighted by atomic mass is 10.2. The highest BCUT2D eigenvalue weighted by Gasteiger charge is 2.28. The molecule has 0 atom stereocenters. The van der Waals surface area contributed by atoms with E-state index in [0.29, 0.717) is 0 Å². The van der Waals surface area contributed by atoms with Crippen LogP contribution in [0.25, 0.3) is 0 Å². The van der Waals surface area contributed by atoms with Gasteiger partial charge in [0.15, 0.2) is 9.84 Å². The summed E-state index contributed by atoms with van der Waals surface area (Å²) in [6, 6.07) is 7.70. The van der Waals surface area contributed by atoms with Crippen LogP contribution in [0.1, 0.15) is 33.3 Å². The van der Waals surface area contributed by atoms with Gasteiger partial charge in [-0.15, -0.1) is 0 Å². The zero-order valence-electron chi connectivity index (χ0n) is 12.8. The molecule has 0 unspecified atom stereocenters. The monoisotopic (exact) mass is 299 g/mol. The van der Waals surface area contributed by atoms with E-state index < -0.39 is 14.6 Å². The van der Waals surface area contributed by atoms with Gasteiger partial charge in [0.1, 0.15) is 12.4 Å². The molecule has 0 aliphatic rings. The number of ether oxygens (including phenoxy) is 1. The standard InChI is InChI=1S/C15H25NO3S/c1-5-16-12-13-8-6-7-9-14(13)19-10-11-20(17,18)15(2,3)4/h6-9,16H,5,10-12H2,1-4H3. The molecule has 0 amide bonds. The zero-order valence-corrected chi connectivity index (χ0v) is 13.6. The molecule has 5 heteroatoms. The van der Waals surface area contributed by atoms with Crippen molar-refractivity contribution >= 4 is 9.84 Å². The summed E-state index contributed by atoms with van der Waals surface area (Å²) < 4.78 is 28.9. The summed E-state index contributed by atoms with van der Waals surface area (Å²) in [6.45, 7) is 8.96. The van der Waals surface area contributed by atoms with E-state index in [2.05, 4.69) is 5.32 Å². The fourth-order valence-electron chi connectivity index (χ4n) is 1.62. The second-order valence-corrected chi connectivity index (χ2v) is 8.53. The minimum Gasteiger partial charge on any atom is -0.492 e. The third-order valence-corrected chi connectivity index (χ3v) is 5.65. The van der Waals surface area contributed by atoms with Crippen LogP contribution >= 0.6 is 0 Å². The highest BCUT2D eigenvalue weighted by Crippen LogP contribution is 2.19. The van der Waals surface area contributed by atoms with Crippen LogP contribution in [0.2, 0.25) is 0 Å². The Hall–Kier alpha value is -1.07. The maximum Gasteiger partial charge on any atom is 0.158 e. The first kappa shape index (κ1) is 17.0. The van der Waals surface area contributed by atoms with Gasteiger partial charge in [-0.25, -0.2) is 8.42 Å². The van der Waals surface area contributed by atoms with E-state index in [9.17, 15) is 8.42 Å². The van der Waals surface area contributed by atoms with Crippen LogP contribution in [-0.2, 0) is 16.4 Å². The van der Waals surface area contributed by atoms with Gasteiger partial charge in [0.25, 0.3) is 0 Å². The van der Waals surface area contributed by atoms with Crippen molar-refractivity contribution in [3.05, 3.63) is 29.8 Å². The molecule has 0 aliphatic carbocycles. The van der Waals surface area contributed by atoms with Gasteiger partial charge in [0.2, 0.25) is 0 Å². The van der Waals surface area contributed by atoms with Crippen molar-refractivity contribution < 1.29 is 13.2 Å². The number of benzene rings is 1. The number of nitrogens with one attached hydrogen (secondary N) is 1. The highest BCUT2D eigenvalue weighted by molar-refractivity contribution is 7.92. The molecule has 0 aromatic heterocycles. The van der Waals surface area contributed by atoms with Crippen LogP contribution in [0.5, 0.6) is 5.75 Å². The van der Waals surface area contributed by atoms with E-state index >= 15 is 0 Å². The normalized spacial score (nSPS) is 12.4. The first-order valence-corrected chi connectivity index (χ1v) is 8.57. The summed E-state index contributed by atoms with van der Waals surface area (Å²) in [5.41, 5.74) is 1.04. The van der Waals surface area contributed by atoms with Crippen molar-refractivity contribution in [2.75, 3.05) is 18.9 Å². The Labute approximate surface area is 122 Å². The van der Waals surface area contributed by atoms with E-state index in [4.69, 9.17) is 4.74 Å². The molecule has 0 aliphatic heterocycles. The van der Waals surface area contributed by atoms with E-state index in [1.165, 1.54) is 0 Å². The largest absolute Gasteiger partial charge is 0.492 e.